The molecule has 224 valence electrons. The second kappa shape index (κ2) is 15.4. The maximum Gasteiger partial charge on any atom is 0.407 e. The highest BCUT2D eigenvalue weighted by molar-refractivity contribution is 8.26. The van der Waals surface area contributed by atoms with Gasteiger partial charge in [-0.3, -0.25) is 9.59 Å². The van der Waals surface area contributed by atoms with Crippen molar-refractivity contribution in [2.45, 2.75) is 58.2 Å². The molecule has 0 unspecified atom stereocenters. The quantitative estimate of drug-likeness (QED) is 0.116. The lowest BCUT2D eigenvalue weighted by atomic mass is 10.1. The summed E-state index contributed by atoms with van der Waals surface area (Å²) in [5.74, 6) is -1.09. The summed E-state index contributed by atoms with van der Waals surface area (Å²) in [5.41, 5.74) is 2.61. The minimum Gasteiger partial charge on any atom is -0.467 e. The molecule has 1 heterocycles. The zero-order chi connectivity index (χ0) is 30.7. The number of esters is 1. The number of methoxy groups -OCH3 is 1. The van der Waals surface area contributed by atoms with E-state index in [1.54, 1.807) is 39.0 Å². The lowest BCUT2D eigenvalue weighted by molar-refractivity contribution is -0.143. The molecule has 4 N–H and O–H groups in total. The normalized spacial score (nSPS) is 14.6. The van der Waals surface area contributed by atoms with Gasteiger partial charge in [-0.15, -0.1) is 0 Å². The topological polar surface area (TPSA) is 135 Å². The van der Waals surface area contributed by atoms with Crippen molar-refractivity contribution < 1.29 is 28.7 Å². The molecule has 0 radical (unpaired) electrons. The van der Waals surface area contributed by atoms with Crippen LogP contribution in [0.1, 0.15) is 61.5 Å². The van der Waals surface area contributed by atoms with Gasteiger partial charge in [-0.1, -0.05) is 48.2 Å². The average Bonchev–Trinajstić information content (AvgIpc) is 3.26. The van der Waals surface area contributed by atoms with Crippen molar-refractivity contribution in [1.82, 2.24) is 16.0 Å². The van der Waals surface area contributed by atoms with E-state index >= 15 is 0 Å². The molecular weight excluding hydrogens is 576 g/mol. The van der Waals surface area contributed by atoms with Gasteiger partial charge in [0, 0.05) is 24.3 Å². The van der Waals surface area contributed by atoms with Crippen LogP contribution in [0.25, 0.3) is 6.08 Å². The van der Waals surface area contributed by atoms with Crippen LogP contribution in [0.2, 0.25) is 0 Å². The van der Waals surface area contributed by atoms with Crippen LogP contribution in [-0.2, 0) is 25.6 Å². The minimum atomic E-state index is -0.803. The molecule has 0 aromatic heterocycles. The third kappa shape index (κ3) is 10.8. The van der Waals surface area contributed by atoms with E-state index in [1.807, 2.05) is 36.4 Å². The predicted octanol–water partition coefficient (Wildman–Crippen LogP) is 4.75. The number of unbranched alkanes of at least 4 members (excludes halogenated alkanes) is 1. The summed E-state index contributed by atoms with van der Waals surface area (Å²) in [6.45, 7) is 6.30. The Bertz CT molecular complexity index is 1320. The van der Waals surface area contributed by atoms with Gasteiger partial charge >= 0.3 is 12.1 Å². The van der Waals surface area contributed by atoms with Crippen molar-refractivity contribution in [3.63, 3.8) is 0 Å². The molecule has 1 aliphatic rings. The second-order valence-electron chi connectivity index (χ2n) is 10.5. The fourth-order valence-electron chi connectivity index (χ4n) is 3.86. The smallest absolute Gasteiger partial charge is 0.407 e. The first-order chi connectivity index (χ1) is 19.9. The maximum absolute atomic E-state index is 12.8. The first-order valence-corrected chi connectivity index (χ1v) is 14.7. The Morgan fingerprint density at radius 2 is 1.74 bits per heavy atom. The van der Waals surface area contributed by atoms with Gasteiger partial charge in [0.2, 0.25) is 0 Å². The van der Waals surface area contributed by atoms with E-state index in [4.69, 9.17) is 21.7 Å². The fraction of sp³-hybridized carbons (Fsp3) is 0.367. The number of hydrogen-bond acceptors (Lipinski definition) is 9. The molecule has 0 saturated carbocycles. The highest BCUT2D eigenvalue weighted by Crippen LogP contribution is 2.26. The molecule has 3 amide bonds. The molecule has 2 aromatic rings. The molecule has 1 saturated heterocycles. The SMILES string of the molecule is COC(=O)[C@H](CCCCNC(=O)OC(C)(C)C)NC(=O)c1ccc(CNc2ccc(/C=C3\SC(=S)NC3=O)cc2)cc1. The van der Waals surface area contributed by atoms with Crippen LogP contribution in [-0.4, -0.2) is 53.5 Å². The Labute approximate surface area is 255 Å². The molecule has 12 heteroatoms. The van der Waals surface area contributed by atoms with Crippen LogP contribution >= 0.6 is 24.0 Å². The summed E-state index contributed by atoms with van der Waals surface area (Å²) in [6, 6.07) is 14.0. The number of rotatable bonds is 12. The van der Waals surface area contributed by atoms with Crippen molar-refractivity contribution in [2.24, 2.45) is 0 Å². The van der Waals surface area contributed by atoms with Gasteiger partial charge in [-0.25, -0.2) is 9.59 Å². The van der Waals surface area contributed by atoms with E-state index in [-0.39, 0.29) is 11.8 Å². The van der Waals surface area contributed by atoms with E-state index < -0.39 is 23.7 Å². The molecule has 1 fully saturated rings. The monoisotopic (exact) mass is 612 g/mol. The molecule has 0 bridgehead atoms. The number of ether oxygens (including phenoxy) is 2. The highest BCUT2D eigenvalue weighted by atomic mass is 32.2. The fourth-order valence-corrected chi connectivity index (χ4v) is 4.90. The first-order valence-electron chi connectivity index (χ1n) is 13.5. The lowest BCUT2D eigenvalue weighted by Crippen LogP contribution is -2.41. The average molecular weight is 613 g/mol. The molecule has 42 heavy (non-hydrogen) atoms. The number of hydrogen-bond donors (Lipinski definition) is 4. The molecule has 2 aromatic carbocycles. The Hall–Kier alpha value is -3.90. The van der Waals surface area contributed by atoms with Crippen molar-refractivity contribution >= 4 is 63.9 Å². The predicted molar refractivity (Wildman–Crippen MR) is 168 cm³/mol. The van der Waals surface area contributed by atoms with E-state index in [1.165, 1.54) is 18.9 Å². The van der Waals surface area contributed by atoms with Crippen LogP contribution < -0.4 is 21.3 Å². The minimum absolute atomic E-state index is 0.185. The zero-order valence-corrected chi connectivity index (χ0v) is 25.7. The molecular formula is C30H36N4O6S2. The van der Waals surface area contributed by atoms with E-state index in [9.17, 15) is 19.2 Å². The van der Waals surface area contributed by atoms with Crippen molar-refractivity contribution in [1.29, 1.82) is 0 Å². The van der Waals surface area contributed by atoms with Gasteiger partial charge in [0.15, 0.2) is 0 Å². The molecule has 10 nitrogen and oxygen atoms in total. The van der Waals surface area contributed by atoms with Crippen molar-refractivity contribution in [3.05, 3.63) is 70.1 Å². The molecule has 3 rings (SSSR count). The third-order valence-corrected chi connectivity index (χ3v) is 7.10. The summed E-state index contributed by atoms with van der Waals surface area (Å²) >= 11 is 6.26. The largest absolute Gasteiger partial charge is 0.467 e. The number of nitrogens with one attached hydrogen (secondary N) is 4. The number of amides is 3. The van der Waals surface area contributed by atoms with E-state index in [0.29, 0.717) is 47.1 Å². The van der Waals surface area contributed by atoms with Gasteiger partial charge in [-0.05, 0) is 81.5 Å². The second-order valence-corrected chi connectivity index (χ2v) is 12.2. The Morgan fingerprint density at radius 3 is 2.33 bits per heavy atom. The van der Waals surface area contributed by atoms with Crippen LogP contribution in [0.4, 0.5) is 10.5 Å². The molecule has 0 aliphatic carbocycles. The summed E-state index contributed by atoms with van der Waals surface area (Å²) < 4.78 is 10.5. The van der Waals surface area contributed by atoms with Crippen LogP contribution in [0.3, 0.4) is 0 Å². The van der Waals surface area contributed by atoms with Gasteiger partial charge < -0.3 is 30.7 Å². The number of alkyl carbamates (subject to hydrolysis) is 1. The van der Waals surface area contributed by atoms with Gasteiger partial charge in [0.05, 0.1) is 12.0 Å². The molecule has 1 atom stereocenters. The third-order valence-electron chi connectivity index (χ3n) is 5.94. The number of benzene rings is 2. The van der Waals surface area contributed by atoms with Crippen LogP contribution in [0, 0.1) is 0 Å². The summed E-state index contributed by atoms with van der Waals surface area (Å²) in [7, 11) is 1.28. The number of thioether (sulfide) groups is 1. The lowest BCUT2D eigenvalue weighted by Gasteiger charge is -2.20. The van der Waals surface area contributed by atoms with Gasteiger partial charge in [0.25, 0.3) is 11.8 Å². The van der Waals surface area contributed by atoms with Crippen molar-refractivity contribution in [3.8, 4) is 0 Å². The Morgan fingerprint density at radius 1 is 1.05 bits per heavy atom. The highest BCUT2D eigenvalue weighted by Gasteiger charge is 2.23. The Kier molecular flexibility index (Phi) is 11.9. The standard InChI is InChI=1S/C30H36N4O6S2/c1-30(2,3)40-28(38)31-16-6-5-7-23(27(37)39-4)33-25(35)21-12-8-20(9-13-21)18-32-22-14-10-19(11-15-22)17-24-26(36)34-29(41)42-24/h8-15,17,23,32H,5-7,16,18H2,1-4H3,(H,31,38)(H,33,35)(H,34,36,41)/b24-17-/t23-/m0/s1. The maximum atomic E-state index is 12.8. The molecule has 0 spiro atoms. The summed E-state index contributed by atoms with van der Waals surface area (Å²) in [4.78, 5) is 49.2. The summed E-state index contributed by atoms with van der Waals surface area (Å²) in [5, 5.41) is 11.4. The first kappa shape index (κ1) is 32.6. The number of thiocarbonyl (C=S) groups is 1. The zero-order valence-electron chi connectivity index (χ0n) is 24.1. The van der Waals surface area contributed by atoms with Gasteiger partial charge in [-0.2, -0.15) is 0 Å². The van der Waals surface area contributed by atoms with E-state index in [2.05, 4.69) is 21.3 Å². The number of carbonyl (C=O) groups excluding carboxylic acids is 4. The number of anilines is 1. The molecule has 1 aliphatic heterocycles. The van der Waals surface area contributed by atoms with E-state index in [0.717, 1.165) is 16.8 Å². The van der Waals surface area contributed by atoms with Crippen LogP contribution in [0.15, 0.2) is 53.4 Å². The van der Waals surface area contributed by atoms with Crippen LogP contribution in [0.5, 0.6) is 0 Å². The van der Waals surface area contributed by atoms with Gasteiger partial charge in [0.1, 0.15) is 16.0 Å². The Balaban J connectivity index is 1.45. The summed E-state index contributed by atoms with van der Waals surface area (Å²) in [6.07, 6.45) is 2.86. The number of carbonyl (C=O) groups is 4. The van der Waals surface area contributed by atoms with Crippen molar-refractivity contribution in [2.75, 3.05) is 19.0 Å².